The van der Waals surface area contributed by atoms with Crippen LogP contribution in [0, 0.1) is 0 Å². The van der Waals surface area contributed by atoms with Gasteiger partial charge in [-0.1, -0.05) is 30.3 Å². The van der Waals surface area contributed by atoms with Crippen molar-refractivity contribution in [2.24, 2.45) is 0 Å². The number of aliphatic hydroxyl groups excluding tert-OH is 3. The number of aromatic nitrogens is 2. The van der Waals surface area contributed by atoms with Gasteiger partial charge in [0, 0.05) is 12.0 Å². The van der Waals surface area contributed by atoms with Crippen molar-refractivity contribution in [2.45, 2.75) is 30.8 Å². The van der Waals surface area contributed by atoms with Crippen LogP contribution in [0.5, 0.6) is 0 Å². The summed E-state index contributed by atoms with van der Waals surface area (Å²) in [5, 5.41) is 29.7. The lowest BCUT2D eigenvalue weighted by atomic mass is 9.92. The fourth-order valence-corrected chi connectivity index (χ4v) is 3.30. The first kappa shape index (κ1) is 16.2. The number of imidazole rings is 1. The molecule has 25 heavy (non-hydrogen) atoms. The largest absolute Gasteiger partial charge is 0.394 e. The fourth-order valence-electron chi connectivity index (χ4n) is 3.30. The van der Waals surface area contributed by atoms with Gasteiger partial charge in [-0.25, -0.2) is 4.98 Å². The van der Waals surface area contributed by atoms with Gasteiger partial charge in [0.1, 0.15) is 18.0 Å². The zero-order valence-electron chi connectivity index (χ0n) is 13.5. The normalized spacial score (nSPS) is 26.8. The molecule has 3 aromatic rings. The molecule has 4 atom stereocenters. The lowest BCUT2D eigenvalue weighted by Crippen LogP contribution is -2.44. The predicted octanol–water partition coefficient (Wildman–Crippen LogP) is 1.77. The molecule has 130 valence electrons. The minimum absolute atomic E-state index is 0.191. The number of benzene rings is 2. The Bertz CT molecular complexity index is 845. The van der Waals surface area contributed by atoms with Crippen molar-refractivity contribution in [3.8, 4) is 11.4 Å². The molecule has 1 aromatic heterocycles. The molecule has 1 aliphatic rings. The molecule has 1 aliphatic heterocycles. The van der Waals surface area contributed by atoms with Crippen molar-refractivity contribution >= 4 is 11.0 Å². The van der Waals surface area contributed by atoms with Crippen molar-refractivity contribution in [1.29, 1.82) is 0 Å². The number of ether oxygens (including phenoxy) is 1. The second kappa shape index (κ2) is 6.57. The zero-order chi connectivity index (χ0) is 17.4. The summed E-state index contributed by atoms with van der Waals surface area (Å²) in [4.78, 5) is 7.86. The van der Waals surface area contributed by atoms with Crippen LogP contribution in [0.25, 0.3) is 22.4 Å². The number of hydrogen-bond donors (Lipinski definition) is 4. The van der Waals surface area contributed by atoms with Crippen LogP contribution in [0.2, 0.25) is 0 Å². The van der Waals surface area contributed by atoms with Crippen LogP contribution in [0.3, 0.4) is 0 Å². The monoisotopic (exact) mass is 340 g/mol. The van der Waals surface area contributed by atoms with Gasteiger partial charge < -0.3 is 25.0 Å². The summed E-state index contributed by atoms with van der Waals surface area (Å²) in [7, 11) is 0. The summed E-state index contributed by atoms with van der Waals surface area (Å²) in [5.74, 6) is 0.729. The summed E-state index contributed by atoms with van der Waals surface area (Å²) in [6, 6.07) is 15.3. The molecule has 0 unspecified atom stereocenters. The van der Waals surface area contributed by atoms with Gasteiger partial charge in [-0.3, -0.25) is 0 Å². The molecule has 0 spiro atoms. The summed E-state index contributed by atoms with van der Waals surface area (Å²) >= 11 is 0. The van der Waals surface area contributed by atoms with Gasteiger partial charge in [-0.2, -0.15) is 0 Å². The van der Waals surface area contributed by atoms with E-state index in [1.807, 2.05) is 48.5 Å². The van der Waals surface area contributed by atoms with Crippen LogP contribution < -0.4 is 0 Å². The van der Waals surface area contributed by atoms with Crippen LogP contribution >= 0.6 is 0 Å². The topological polar surface area (TPSA) is 98.6 Å². The van der Waals surface area contributed by atoms with Gasteiger partial charge in [0.2, 0.25) is 0 Å². The quantitative estimate of drug-likeness (QED) is 0.582. The molecule has 6 nitrogen and oxygen atoms in total. The van der Waals surface area contributed by atoms with Gasteiger partial charge in [0.05, 0.1) is 29.8 Å². The molecule has 6 heteroatoms. The number of hydrogen-bond acceptors (Lipinski definition) is 5. The second-order valence-corrected chi connectivity index (χ2v) is 6.38. The highest BCUT2D eigenvalue weighted by Gasteiger charge is 2.37. The number of para-hydroxylation sites is 2. The molecule has 2 aromatic carbocycles. The van der Waals surface area contributed by atoms with Gasteiger partial charge >= 0.3 is 0 Å². The summed E-state index contributed by atoms with van der Waals surface area (Å²) < 4.78 is 5.76. The van der Waals surface area contributed by atoms with Crippen LogP contribution in [-0.4, -0.2) is 50.2 Å². The van der Waals surface area contributed by atoms with E-state index in [-0.39, 0.29) is 13.0 Å². The highest BCUT2D eigenvalue weighted by Crippen LogP contribution is 2.33. The van der Waals surface area contributed by atoms with Crippen LogP contribution in [0.4, 0.5) is 0 Å². The Balaban J connectivity index is 1.69. The summed E-state index contributed by atoms with van der Waals surface area (Å²) in [5.41, 5.74) is 3.44. The van der Waals surface area contributed by atoms with E-state index in [0.29, 0.717) is 0 Å². The maximum atomic E-state index is 10.3. The smallest absolute Gasteiger partial charge is 0.138 e. The molecule has 0 bridgehead atoms. The number of H-pyrrole nitrogens is 1. The molecule has 1 fully saturated rings. The van der Waals surface area contributed by atoms with Crippen molar-refractivity contribution in [3.63, 3.8) is 0 Å². The second-order valence-electron chi connectivity index (χ2n) is 6.38. The average molecular weight is 340 g/mol. The molecule has 0 aliphatic carbocycles. The molecule has 2 heterocycles. The summed E-state index contributed by atoms with van der Waals surface area (Å²) in [6.07, 6.45) is -2.92. The van der Waals surface area contributed by atoms with E-state index < -0.39 is 24.4 Å². The van der Waals surface area contributed by atoms with Crippen LogP contribution in [-0.2, 0) is 4.74 Å². The minimum Gasteiger partial charge on any atom is -0.394 e. The lowest BCUT2D eigenvalue weighted by molar-refractivity contribution is -0.179. The molecule has 0 radical (unpaired) electrons. The van der Waals surface area contributed by atoms with Gasteiger partial charge in [-0.05, 0) is 23.8 Å². The Labute approximate surface area is 144 Å². The number of rotatable bonds is 3. The Morgan fingerprint density at radius 1 is 1.12 bits per heavy atom. The molecule has 0 saturated carbocycles. The Morgan fingerprint density at radius 3 is 2.76 bits per heavy atom. The Kier molecular flexibility index (Phi) is 4.27. The van der Waals surface area contributed by atoms with E-state index in [0.717, 1.165) is 28.0 Å². The number of aliphatic hydroxyl groups is 3. The third kappa shape index (κ3) is 3.05. The Hall–Kier alpha value is -2.25. The average Bonchev–Trinajstić information content (AvgIpc) is 3.08. The van der Waals surface area contributed by atoms with E-state index >= 15 is 0 Å². The van der Waals surface area contributed by atoms with Crippen molar-refractivity contribution in [1.82, 2.24) is 9.97 Å². The molecule has 4 rings (SSSR count). The fraction of sp³-hybridized carbons (Fsp3) is 0.316. The predicted molar refractivity (Wildman–Crippen MR) is 92.9 cm³/mol. The van der Waals surface area contributed by atoms with Crippen molar-refractivity contribution < 1.29 is 20.1 Å². The van der Waals surface area contributed by atoms with E-state index in [4.69, 9.17) is 4.74 Å². The van der Waals surface area contributed by atoms with E-state index in [1.54, 1.807) is 0 Å². The Morgan fingerprint density at radius 2 is 1.96 bits per heavy atom. The molecule has 4 N–H and O–H groups in total. The minimum atomic E-state index is -1.03. The molecule has 0 amide bonds. The number of aromatic amines is 1. The highest BCUT2D eigenvalue weighted by molar-refractivity contribution is 5.79. The number of fused-ring (bicyclic) bond motifs is 1. The zero-order valence-corrected chi connectivity index (χ0v) is 13.5. The van der Waals surface area contributed by atoms with Crippen molar-refractivity contribution in [2.75, 3.05) is 6.61 Å². The lowest BCUT2D eigenvalue weighted by Gasteiger charge is -2.36. The third-order valence-electron chi connectivity index (χ3n) is 4.63. The highest BCUT2D eigenvalue weighted by atomic mass is 16.5. The number of nitrogens with zero attached hydrogens (tertiary/aromatic N) is 1. The van der Waals surface area contributed by atoms with Gasteiger partial charge in [0.15, 0.2) is 0 Å². The maximum Gasteiger partial charge on any atom is 0.138 e. The first-order valence-corrected chi connectivity index (χ1v) is 8.33. The third-order valence-corrected chi connectivity index (χ3v) is 4.63. The summed E-state index contributed by atoms with van der Waals surface area (Å²) in [6.45, 7) is -0.191. The molecular weight excluding hydrogens is 320 g/mol. The van der Waals surface area contributed by atoms with Crippen molar-refractivity contribution in [3.05, 3.63) is 54.1 Å². The first-order chi connectivity index (χ1) is 12.2. The number of nitrogens with one attached hydrogen (secondary N) is 1. The molecular formula is C19H20N2O4. The SMILES string of the molecule is OC[C@@H]1C[C@H](O)[C@H](O)[C@@H](c2cccc(-c3nc4ccccc4[nH]3)c2)O1. The van der Waals surface area contributed by atoms with Crippen LogP contribution in [0.15, 0.2) is 48.5 Å². The van der Waals surface area contributed by atoms with E-state index in [1.165, 1.54) is 0 Å². The van der Waals surface area contributed by atoms with Crippen LogP contribution in [0.1, 0.15) is 18.1 Å². The van der Waals surface area contributed by atoms with Gasteiger partial charge in [-0.15, -0.1) is 0 Å². The van der Waals surface area contributed by atoms with Gasteiger partial charge in [0.25, 0.3) is 0 Å². The maximum absolute atomic E-state index is 10.3. The van der Waals surface area contributed by atoms with E-state index in [9.17, 15) is 15.3 Å². The molecule has 1 saturated heterocycles. The standard InChI is InChI=1S/C19H20N2O4/c22-10-13-9-16(23)17(24)18(25-13)11-4-3-5-12(8-11)19-20-14-6-1-2-7-15(14)21-19/h1-8,13,16-18,22-24H,9-10H2,(H,20,21)/t13-,16-,17-,18+/m0/s1. The first-order valence-electron chi connectivity index (χ1n) is 8.33. The van der Waals surface area contributed by atoms with E-state index in [2.05, 4.69) is 9.97 Å².